The van der Waals surface area contributed by atoms with Crippen molar-refractivity contribution in [1.29, 1.82) is 0 Å². The van der Waals surface area contributed by atoms with Crippen LogP contribution in [-0.2, 0) is 11.3 Å². The largest absolute Gasteiger partial charge is 0.377 e. The van der Waals surface area contributed by atoms with E-state index in [0.29, 0.717) is 12.5 Å². The Morgan fingerprint density at radius 2 is 2.12 bits per heavy atom. The van der Waals surface area contributed by atoms with Gasteiger partial charge < -0.3 is 15.4 Å². The van der Waals surface area contributed by atoms with Gasteiger partial charge in [0.2, 0.25) is 0 Å². The molecule has 2 unspecified atom stereocenters. The van der Waals surface area contributed by atoms with E-state index >= 15 is 0 Å². The van der Waals surface area contributed by atoms with Gasteiger partial charge in [0, 0.05) is 31.8 Å². The molecule has 2 N–H and O–H groups in total. The average molecular weight is 460 g/mol. The summed E-state index contributed by atoms with van der Waals surface area (Å²) in [6.45, 7) is 12.1. The van der Waals surface area contributed by atoms with Gasteiger partial charge in [0.05, 0.1) is 18.3 Å². The Balaban J connectivity index is 0.00000312. The van der Waals surface area contributed by atoms with E-state index in [1.165, 1.54) is 6.42 Å². The van der Waals surface area contributed by atoms with Crippen molar-refractivity contribution < 1.29 is 4.74 Å². The molecule has 1 saturated heterocycles. The molecule has 1 fully saturated rings. The Bertz CT molecular complexity index is 516. The van der Waals surface area contributed by atoms with Gasteiger partial charge >= 0.3 is 0 Å². The Morgan fingerprint density at radius 3 is 2.76 bits per heavy atom. The van der Waals surface area contributed by atoms with Crippen molar-refractivity contribution in [1.82, 2.24) is 15.6 Å². The molecule has 2 atom stereocenters. The predicted octanol–water partition coefficient (Wildman–Crippen LogP) is 3.60. The molecular weight excluding hydrogens is 427 g/mol. The van der Waals surface area contributed by atoms with Crippen LogP contribution in [0.15, 0.2) is 29.4 Å². The molecule has 5 nitrogen and oxygen atoms in total. The van der Waals surface area contributed by atoms with Crippen LogP contribution in [-0.4, -0.2) is 36.7 Å². The van der Waals surface area contributed by atoms with Crippen molar-refractivity contribution in [3.63, 3.8) is 0 Å². The summed E-state index contributed by atoms with van der Waals surface area (Å²) in [6, 6.07) is 5.91. The molecule has 1 aromatic heterocycles. The molecule has 0 bridgehead atoms. The Kier molecular flexibility index (Phi) is 9.71. The van der Waals surface area contributed by atoms with Crippen molar-refractivity contribution in [3.8, 4) is 0 Å². The van der Waals surface area contributed by atoms with E-state index < -0.39 is 0 Å². The Morgan fingerprint density at radius 1 is 1.32 bits per heavy atom. The second-order valence-corrected chi connectivity index (χ2v) is 7.46. The first-order chi connectivity index (χ1) is 11.5. The zero-order valence-electron chi connectivity index (χ0n) is 15.9. The number of hydrogen-bond acceptors (Lipinski definition) is 3. The first-order valence-electron chi connectivity index (χ1n) is 9.04. The summed E-state index contributed by atoms with van der Waals surface area (Å²) >= 11 is 0. The van der Waals surface area contributed by atoms with E-state index in [4.69, 9.17) is 4.74 Å². The number of ether oxygens (including phenoxy) is 1. The number of halogens is 1. The molecule has 0 radical (unpaired) electrons. The number of nitrogens with one attached hydrogen (secondary N) is 2. The first-order valence-corrected chi connectivity index (χ1v) is 9.04. The molecule has 1 aromatic rings. The molecule has 0 amide bonds. The zero-order chi connectivity index (χ0) is 17.4. The summed E-state index contributed by atoms with van der Waals surface area (Å²) in [7, 11) is 0. The van der Waals surface area contributed by atoms with Gasteiger partial charge in [-0.15, -0.1) is 24.0 Å². The van der Waals surface area contributed by atoms with Crippen molar-refractivity contribution in [3.05, 3.63) is 30.1 Å². The van der Waals surface area contributed by atoms with E-state index in [1.54, 1.807) is 6.20 Å². The first kappa shape index (κ1) is 22.2. The van der Waals surface area contributed by atoms with E-state index in [1.807, 2.05) is 18.2 Å². The van der Waals surface area contributed by atoms with Gasteiger partial charge in [-0.1, -0.05) is 26.8 Å². The van der Waals surface area contributed by atoms with Gasteiger partial charge in [0.25, 0.3) is 0 Å². The number of aliphatic imine (C=N–C) groups is 1. The topological polar surface area (TPSA) is 58.5 Å². The lowest BCUT2D eigenvalue weighted by Crippen LogP contribution is -2.47. The number of aromatic nitrogens is 1. The third-order valence-electron chi connectivity index (χ3n) is 4.30. The lowest BCUT2D eigenvalue weighted by molar-refractivity contribution is -0.0835. The molecule has 25 heavy (non-hydrogen) atoms. The van der Waals surface area contributed by atoms with Gasteiger partial charge in [0.1, 0.15) is 0 Å². The normalized spacial score (nSPS) is 21.4. The summed E-state index contributed by atoms with van der Waals surface area (Å²) in [5.41, 5.74) is 1.14. The molecule has 1 aliphatic rings. The minimum Gasteiger partial charge on any atom is -0.377 e. The van der Waals surface area contributed by atoms with Crippen molar-refractivity contribution in [2.24, 2.45) is 16.3 Å². The molecule has 0 aromatic carbocycles. The Hall–Kier alpha value is -0.890. The van der Waals surface area contributed by atoms with Crippen LogP contribution < -0.4 is 10.6 Å². The molecule has 0 aliphatic carbocycles. The third-order valence-corrected chi connectivity index (χ3v) is 4.30. The van der Waals surface area contributed by atoms with E-state index in [2.05, 4.69) is 48.3 Å². The van der Waals surface area contributed by atoms with Crippen LogP contribution in [0.4, 0.5) is 0 Å². The minimum absolute atomic E-state index is 0. The number of pyridine rings is 1. The molecule has 2 rings (SSSR count). The van der Waals surface area contributed by atoms with Crippen LogP contribution in [0.25, 0.3) is 0 Å². The van der Waals surface area contributed by atoms with Crippen molar-refractivity contribution >= 4 is 29.9 Å². The fourth-order valence-corrected chi connectivity index (χ4v) is 3.23. The summed E-state index contributed by atoms with van der Waals surface area (Å²) in [5, 5.41) is 6.81. The fourth-order valence-electron chi connectivity index (χ4n) is 3.23. The standard InChI is InChI=1S/C19H32N4O.HI/c1-5-20-18(23-14-16-10-6-7-11-21-16)22-13-15-9-8-12-24-17(15)19(2,3)4;/h6-7,10-11,15,17H,5,8-9,12-14H2,1-4H3,(H2,20,22,23);1H. The molecule has 0 saturated carbocycles. The number of nitrogens with zero attached hydrogens (tertiary/aromatic N) is 2. The summed E-state index contributed by atoms with van der Waals surface area (Å²) in [6.07, 6.45) is 4.44. The number of hydrogen-bond donors (Lipinski definition) is 2. The zero-order valence-corrected chi connectivity index (χ0v) is 18.2. The van der Waals surface area contributed by atoms with Crippen LogP contribution in [0, 0.1) is 11.3 Å². The molecular formula is C19H33IN4O. The average Bonchev–Trinajstić information content (AvgIpc) is 2.58. The van der Waals surface area contributed by atoms with E-state index in [9.17, 15) is 0 Å². The molecule has 6 heteroatoms. The molecule has 142 valence electrons. The van der Waals surface area contributed by atoms with Gasteiger partial charge in [-0.3, -0.25) is 4.98 Å². The minimum atomic E-state index is 0. The van der Waals surface area contributed by atoms with Gasteiger partial charge in [-0.25, -0.2) is 4.99 Å². The summed E-state index contributed by atoms with van der Waals surface area (Å²) in [5.74, 6) is 1.36. The highest BCUT2D eigenvalue weighted by molar-refractivity contribution is 14.0. The van der Waals surface area contributed by atoms with Crippen LogP contribution in [0.5, 0.6) is 0 Å². The molecule has 2 heterocycles. The number of guanidine groups is 1. The lowest BCUT2D eigenvalue weighted by Gasteiger charge is -2.40. The summed E-state index contributed by atoms with van der Waals surface area (Å²) < 4.78 is 6.07. The van der Waals surface area contributed by atoms with E-state index in [-0.39, 0.29) is 35.5 Å². The third kappa shape index (κ3) is 7.48. The maximum atomic E-state index is 6.07. The molecule has 0 spiro atoms. The van der Waals surface area contributed by atoms with Crippen molar-refractivity contribution in [2.75, 3.05) is 19.7 Å². The van der Waals surface area contributed by atoms with Gasteiger partial charge in [-0.2, -0.15) is 0 Å². The maximum Gasteiger partial charge on any atom is 0.191 e. The number of rotatable bonds is 5. The van der Waals surface area contributed by atoms with Gasteiger partial charge in [-0.05, 0) is 37.3 Å². The fraction of sp³-hybridized carbons (Fsp3) is 0.684. The predicted molar refractivity (Wildman–Crippen MR) is 114 cm³/mol. The van der Waals surface area contributed by atoms with Crippen molar-refractivity contribution in [2.45, 2.75) is 53.2 Å². The van der Waals surface area contributed by atoms with Crippen LogP contribution in [0.2, 0.25) is 0 Å². The second-order valence-electron chi connectivity index (χ2n) is 7.46. The SMILES string of the molecule is CCNC(=NCc1ccccn1)NCC1CCCOC1C(C)(C)C.I. The van der Waals surface area contributed by atoms with Crippen LogP contribution in [0.3, 0.4) is 0 Å². The van der Waals surface area contributed by atoms with E-state index in [0.717, 1.165) is 37.8 Å². The quantitative estimate of drug-likeness (QED) is 0.401. The second kappa shape index (κ2) is 11.0. The monoisotopic (exact) mass is 460 g/mol. The molecule has 1 aliphatic heterocycles. The Labute approximate surface area is 169 Å². The maximum absolute atomic E-state index is 6.07. The van der Waals surface area contributed by atoms with Crippen LogP contribution >= 0.6 is 24.0 Å². The highest BCUT2D eigenvalue weighted by atomic mass is 127. The smallest absolute Gasteiger partial charge is 0.191 e. The highest BCUT2D eigenvalue weighted by Crippen LogP contribution is 2.33. The van der Waals surface area contributed by atoms with Gasteiger partial charge in [0.15, 0.2) is 5.96 Å². The lowest BCUT2D eigenvalue weighted by atomic mass is 9.78. The summed E-state index contributed by atoms with van der Waals surface area (Å²) in [4.78, 5) is 8.97. The highest BCUT2D eigenvalue weighted by Gasteiger charge is 2.35. The van der Waals surface area contributed by atoms with Crippen LogP contribution in [0.1, 0.15) is 46.2 Å².